The number of hydrogen-bond acceptors (Lipinski definition) is 4. The summed E-state index contributed by atoms with van der Waals surface area (Å²) in [6, 6.07) is 16.5. The van der Waals surface area contributed by atoms with Crippen molar-refractivity contribution in [3.63, 3.8) is 0 Å². The first kappa shape index (κ1) is 15.9. The van der Waals surface area contributed by atoms with Gasteiger partial charge in [0.05, 0.1) is 7.11 Å². The van der Waals surface area contributed by atoms with Gasteiger partial charge >= 0.3 is 0 Å². The highest BCUT2D eigenvalue weighted by molar-refractivity contribution is 7.98. The molecule has 0 atom stereocenters. The zero-order valence-electron chi connectivity index (χ0n) is 12.4. The standard InChI is InChI=1S/C18H15NO2S/c1-21-16-5-3-4-14(11-16)18(20)15(12-19)10-13-6-8-17(22-2)9-7-13/h3-11H,1-2H3. The first-order valence-electron chi connectivity index (χ1n) is 6.62. The highest BCUT2D eigenvalue weighted by atomic mass is 32.2. The second-order valence-electron chi connectivity index (χ2n) is 4.50. The lowest BCUT2D eigenvalue weighted by Crippen LogP contribution is -2.02. The van der Waals surface area contributed by atoms with Crippen LogP contribution in [0.1, 0.15) is 15.9 Å². The lowest BCUT2D eigenvalue weighted by Gasteiger charge is -2.03. The van der Waals surface area contributed by atoms with Crippen molar-refractivity contribution in [2.75, 3.05) is 13.4 Å². The molecule has 22 heavy (non-hydrogen) atoms. The molecule has 0 aliphatic rings. The van der Waals surface area contributed by atoms with Crippen LogP contribution >= 0.6 is 11.8 Å². The third-order valence-electron chi connectivity index (χ3n) is 3.12. The van der Waals surface area contributed by atoms with Crippen LogP contribution in [-0.4, -0.2) is 19.1 Å². The van der Waals surface area contributed by atoms with Crippen molar-refractivity contribution in [3.05, 3.63) is 65.2 Å². The van der Waals surface area contributed by atoms with Crippen molar-refractivity contribution in [2.24, 2.45) is 0 Å². The second kappa shape index (κ2) is 7.48. The topological polar surface area (TPSA) is 50.1 Å². The minimum atomic E-state index is -0.310. The van der Waals surface area contributed by atoms with Gasteiger partial charge in [0.25, 0.3) is 0 Å². The fourth-order valence-corrected chi connectivity index (χ4v) is 2.34. The summed E-state index contributed by atoms with van der Waals surface area (Å²) in [6.07, 6.45) is 3.60. The number of nitrogens with zero attached hydrogens (tertiary/aromatic N) is 1. The number of ether oxygens (including phenoxy) is 1. The number of nitriles is 1. The van der Waals surface area contributed by atoms with Crippen molar-refractivity contribution in [3.8, 4) is 11.8 Å². The van der Waals surface area contributed by atoms with Crippen LogP contribution in [0.5, 0.6) is 5.75 Å². The molecule has 0 radical (unpaired) electrons. The van der Waals surface area contributed by atoms with Crippen LogP contribution in [-0.2, 0) is 0 Å². The highest BCUT2D eigenvalue weighted by Crippen LogP contribution is 2.19. The predicted octanol–water partition coefficient (Wildman–Crippen LogP) is 4.21. The molecule has 0 saturated heterocycles. The number of allylic oxidation sites excluding steroid dienone is 1. The van der Waals surface area contributed by atoms with E-state index in [0.717, 1.165) is 10.5 Å². The Bertz CT molecular complexity index is 742. The molecule has 2 rings (SSSR count). The van der Waals surface area contributed by atoms with Crippen molar-refractivity contribution in [1.82, 2.24) is 0 Å². The van der Waals surface area contributed by atoms with Crippen molar-refractivity contribution in [2.45, 2.75) is 4.90 Å². The van der Waals surface area contributed by atoms with Gasteiger partial charge in [0.2, 0.25) is 5.78 Å². The number of rotatable bonds is 5. The SMILES string of the molecule is COc1cccc(C(=O)C(C#N)=Cc2ccc(SC)cc2)c1. The summed E-state index contributed by atoms with van der Waals surface area (Å²) in [5, 5.41) is 9.27. The molecule has 0 aliphatic carbocycles. The fraction of sp³-hybridized carbons (Fsp3) is 0.111. The Morgan fingerprint density at radius 2 is 1.95 bits per heavy atom. The Balaban J connectivity index is 2.31. The molecule has 0 amide bonds. The Morgan fingerprint density at radius 3 is 2.55 bits per heavy atom. The Hall–Kier alpha value is -2.51. The third-order valence-corrected chi connectivity index (χ3v) is 3.87. The van der Waals surface area contributed by atoms with E-state index >= 15 is 0 Å². The molecule has 0 bridgehead atoms. The Morgan fingerprint density at radius 1 is 1.23 bits per heavy atom. The molecule has 0 aliphatic heterocycles. The molecular formula is C18H15NO2S. The number of methoxy groups -OCH3 is 1. The molecule has 0 N–H and O–H groups in total. The molecular weight excluding hydrogens is 294 g/mol. The van der Waals surface area contributed by atoms with E-state index in [4.69, 9.17) is 4.74 Å². The summed E-state index contributed by atoms with van der Waals surface area (Å²) in [4.78, 5) is 13.6. The molecule has 0 aromatic heterocycles. The smallest absolute Gasteiger partial charge is 0.203 e. The van der Waals surface area contributed by atoms with Gasteiger partial charge in [0, 0.05) is 10.5 Å². The summed E-state index contributed by atoms with van der Waals surface area (Å²) < 4.78 is 5.11. The monoisotopic (exact) mass is 309 g/mol. The summed E-state index contributed by atoms with van der Waals surface area (Å²) in [5.74, 6) is 0.280. The van der Waals surface area contributed by atoms with E-state index in [1.807, 2.05) is 36.6 Å². The van der Waals surface area contributed by atoms with Gasteiger partial charge in [-0.1, -0.05) is 24.3 Å². The van der Waals surface area contributed by atoms with Crippen LogP contribution in [0, 0.1) is 11.3 Å². The average molecular weight is 309 g/mol. The van der Waals surface area contributed by atoms with E-state index in [0.29, 0.717) is 11.3 Å². The molecule has 0 fully saturated rings. The number of ketones is 1. The van der Waals surface area contributed by atoms with E-state index in [2.05, 4.69) is 0 Å². The number of thioether (sulfide) groups is 1. The molecule has 2 aromatic carbocycles. The van der Waals surface area contributed by atoms with E-state index in [-0.39, 0.29) is 11.4 Å². The van der Waals surface area contributed by atoms with E-state index in [1.54, 1.807) is 42.1 Å². The molecule has 4 heteroatoms. The van der Waals surface area contributed by atoms with Crippen LogP contribution < -0.4 is 4.74 Å². The number of benzene rings is 2. The summed E-state index contributed by atoms with van der Waals surface area (Å²) in [7, 11) is 1.54. The molecule has 0 unspecified atom stereocenters. The van der Waals surface area contributed by atoms with Crippen LogP contribution in [0.2, 0.25) is 0 Å². The number of carbonyl (C=O) groups is 1. The van der Waals surface area contributed by atoms with Crippen molar-refractivity contribution >= 4 is 23.6 Å². The van der Waals surface area contributed by atoms with Gasteiger partial charge in [0.1, 0.15) is 17.4 Å². The van der Waals surface area contributed by atoms with Gasteiger partial charge in [-0.05, 0) is 42.2 Å². The third kappa shape index (κ3) is 3.78. The molecule has 110 valence electrons. The van der Waals surface area contributed by atoms with Gasteiger partial charge in [-0.2, -0.15) is 5.26 Å². The lowest BCUT2D eigenvalue weighted by atomic mass is 10.0. The van der Waals surface area contributed by atoms with Crippen LogP contribution in [0.25, 0.3) is 6.08 Å². The fourth-order valence-electron chi connectivity index (χ4n) is 1.94. The van der Waals surface area contributed by atoms with Crippen molar-refractivity contribution < 1.29 is 9.53 Å². The van der Waals surface area contributed by atoms with Crippen LogP contribution in [0.15, 0.2) is 59.0 Å². The number of Topliss-reactive ketones (excluding diaryl/α,β-unsaturated/α-hetero) is 1. The van der Waals surface area contributed by atoms with Gasteiger partial charge in [-0.15, -0.1) is 11.8 Å². The van der Waals surface area contributed by atoms with Crippen molar-refractivity contribution in [1.29, 1.82) is 5.26 Å². The molecule has 0 spiro atoms. The number of carbonyl (C=O) groups excluding carboxylic acids is 1. The summed E-state index contributed by atoms with van der Waals surface area (Å²) in [5.41, 5.74) is 1.36. The maximum Gasteiger partial charge on any atom is 0.203 e. The van der Waals surface area contributed by atoms with Gasteiger partial charge < -0.3 is 4.74 Å². The molecule has 3 nitrogen and oxygen atoms in total. The zero-order valence-corrected chi connectivity index (χ0v) is 13.2. The number of hydrogen-bond donors (Lipinski definition) is 0. The van der Waals surface area contributed by atoms with Gasteiger partial charge in [-0.3, -0.25) is 4.79 Å². The molecule has 2 aromatic rings. The second-order valence-corrected chi connectivity index (χ2v) is 5.38. The first-order valence-corrected chi connectivity index (χ1v) is 7.85. The maximum atomic E-state index is 12.4. The Labute approximate surface area is 134 Å². The molecule has 0 saturated carbocycles. The minimum Gasteiger partial charge on any atom is -0.497 e. The zero-order chi connectivity index (χ0) is 15.9. The normalized spacial score (nSPS) is 10.9. The predicted molar refractivity (Wildman–Crippen MR) is 89.1 cm³/mol. The first-order chi connectivity index (χ1) is 10.7. The van der Waals surface area contributed by atoms with Gasteiger partial charge in [0.15, 0.2) is 0 Å². The summed E-state index contributed by atoms with van der Waals surface area (Å²) >= 11 is 1.64. The molecule has 0 heterocycles. The van der Waals surface area contributed by atoms with E-state index < -0.39 is 0 Å². The average Bonchev–Trinajstić information content (AvgIpc) is 2.59. The van der Waals surface area contributed by atoms with E-state index in [1.165, 1.54) is 7.11 Å². The van der Waals surface area contributed by atoms with Crippen LogP contribution in [0.4, 0.5) is 0 Å². The van der Waals surface area contributed by atoms with Crippen LogP contribution in [0.3, 0.4) is 0 Å². The lowest BCUT2D eigenvalue weighted by molar-refractivity contribution is 0.103. The Kier molecular flexibility index (Phi) is 5.40. The largest absolute Gasteiger partial charge is 0.497 e. The highest BCUT2D eigenvalue weighted by Gasteiger charge is 2.12. The van der Waals surface area contributed by atoms with E-state index in [9.17, 15) is 10.1 Å². The summed E-state index contributed by atoms with van der Waals surface area (Å²) in [6.45, 7) is 0. The minimum absolute atomic E-state index is 0.102. The quantitative estimate of drug-likeness (QED) is 0.359. The van der Waals surface area contributed by atoms with Gasteiger partial charge in [-0.25, -0.2) is 0 Å². The maximum absolute atomic E-state index is 12.4.